The number of hydrogen-bond acceptors (Lipinski definition) is 4. The van der Waals surface area contributed by atoms with Crippen LogP contribution in [0, 0.1) is 0 Å². The van der Waals surface area contributed by atoms with Crippen molar-refractivity contribution in [3.05, 3.63) is 24.0 Å². The molecule has 1 aromatic heterocycles. The van der Waals surface area contributed by atoms with Crippen molar-refractivity contribution in [1.29, 1.82) is 0 Å². The minimum atomic E-state index is 0.375. The molecular formula is C13H21N3O. The molecule has 0 radical (unpaired) electrons. The minimum absolute atomic E-state index is 0.375. The van der Waals surface area contributed by atoms with Crippen LogP contribution in [0.25, 0.3) is 0 Å². The fraction of sp³-hybridized carbons (Fsp3) is 0.692. The summed E-state index contributed by atoms with van der Waals surface area (Å²) in [6.45, 7) is 4.04. The largest absolute Gasteiger partial charge is 0.378 e. The highest BCUT2D eigenvalue weighted by Crippen LogP contribution is 2.23. The van der Waals surface area contributed by atoms with Crippen molar-refractivity contribution < 1.29 is 4.74 Å². The zero-order valence-electron chi connectivity index (χ0n) is 10.4. The summed E-state index contributed by atoms with van der Waals surface area (Å²) in [7, 11) is 0. The fourth-order valence-corrected chi connectivity index (χ4v) is 2.36. The summed E-state index contributed by atoms with van der Waals surface area (Å²) < 4.78 is 5.66. The Labute approximate surface area is 103 Å². The highest BCUT2D eigenvalue weighted by Gasteiger charge is 2.18. The lowest BCUT2D eigenvalue weighted by atomic mass is 10.0. The van der Waals surface area contributed by atoms with E-state index in [-0.39, 0.29) is 0 Å². The van der Waals surface area contributed by atoms with Crippen LogP contribution in [0.3, 0.4) is 0 Å². The molecule has 2 heterocycles. The molecule has 1 saturated heterocycles. The Kier molecular flexibility index (Phi) is 4.88. The fourth-order valence-electron chi connectivity index (χ4n) is 2.36. The van der Waals surface area contributed by atoms with Crippen molar-refractivity contribution in [3.63, 3.8) is 0 Å². The first kappa shape index (κ1) is 12.5. The molecule has 4 heteroatoms. The third kappa shape index (κ3) is 3.75. The quantitative estimate of drug-likeness (QED) is 0.820. The molecule has 2 rings (SSSR count). The molecule has 0 aliphatic carbocycles. The Balaban J connectivity index is 1.88. The molecule has 0 bridgehead atoms. The molecule has 0 saturated carbocycles. The van der Waals surface area contributed by atoms with E-state index in [4.69, 9.17) is 4.74 Å². The molecule has 1 aliphatic rings. The lowest BCUT2D eigenvalue weighted by molar-refractivity contribution is 0.0996. The van der Waals surface area contributed by atoms with Gasteiger partial charge in [0.15, 0.2) is 0 Å². The summed E-state index contributed by atoms with van der Waals surface area (Å²) in [6, 6.07) is 2.41. The highest BCUT2D eigenvalue weighted by atomic mass is 16.5. The lowest BCUT2D eigenvalue weighted by Crippen LogP contribution is -2.22. The van der Waals surface area contributed by atoms with E-state index in [1.165, 1.54) is 18.4 Å². The third-order valence-corrected chi connectivity index (χ3v) is 3.26. The average molecular weight is 235 g/mol. The SMILES string of the molecule is CCNC(CCC1CCCO1)c1ccnnc1. The number of nitrogens with one attached hydrogen (secondary N) is 1. The van der Waals surface area contributed by atoms with Crippen LogP contribution >= 0.6 is 0 Å². The molecule has 2 atom stereocenters. The molecule has 1 aromatic rings. The summed E-state index contributed by atoms with van der Waals surface area (Å²) in [4.78, 5) is 0. The molecule has 94 valence electrons. The van der Waals surface area contributed by atoms with Gasteiger partial charge in [-0.1, -0.05) is 6.92 Å². The van der Waals surface area contributed by atoms with Crippen LogP contribution in [0.4, 0.5) is 0 Å². The van der Waals surface area contributed by atoms with Crippen molar-refractivity contribution in [2.24, 2.45) is 0 Å². The van der Waals surface area contributed by atoms with Gasteiger partial charge in [-0.15, -0.1) is 0 Å². The molecule has 17 heavy (non-hydrogen) atoms. The summed E-state index contributed by atoms with van der Waals surface area (Å²) >= 11 is 0. The van der Waals surface area contributed by atoms with Crippen LogP contribution in [0.2, 0.25) is 0 Å². The number of ether oxygens (including phenoxy) is 1. The minimum Gasteiger partial charge on any atom is -0.378 e. The van der Waals surface area contributed by atoms with Crippen molar-refractivity contribution in [1.82, 2.24) is 15.5 Å². The van der Waals surface area contributed by atoms with Gasteiger partial charge in [0.05, 0.1) is 12.3 Å². The van der Waals surface area contributed by atoms with E-state index in [0.29, 0.717) is 12.1 Å². The standard InChI is InChI=1S/C13H21N3O/c1-2-14-13(11-7-8-15-16-10-11)6-5-12-4-3-9-17-12/h7-8,10,12-14H,2-6,9H2,1H3. The van der Waals surface area contributed by atoms with E-state index in [1.54, 1.807) is 6.20 Å². The third-order valence-electron chi connectivity index (χ3n) is 3.26. The van der Waals surface area contributed by atoms with Gasteiger partial charge < -0.3 is 10.1 Å². The molecule has 1 fully saturated rings. The average Bonchev–Trinajstić information content (AvgIpc) is 2.88. The summed E-state index contributed by atoms with van der Waals surface area (Å²) in [5, 5.41) is 11.3. The van der Waals surface area contributed by atoms with Crippen LogP contribution in [-0.2, 0) is 4.74 Å². The zero-order valence-corrected chi connectivity index (χ0v) is 10.4. The van der Waals surface area contributed by atoms with E-state index in [9.17, 15) is 0 Å². The van der Waals surface area contributed by atoms with Crippen molar-refractivity contribution in [3.8, 4) is 0 Å². The maximum atomic E-state index is 5.66. The summed E-state index contributed by atoms with van der Waals surface area (Å²) in [5.41, 5.74) is 1.22. The number of nitrogens with zero attached hydrogens (tertiary/aromatic N) is 2. The van der Waals surface area contributed by atoms with E-state index in [0.717, 1.165) is 26.0 Å². The second-order valence-corrected chi connectivity index (χ2v) is 4.50. The van der Waals surface area contributed by atoms with E-state index >= 15 is 0 Å². The molecule has 4 nitrogen and oxygen atoms in total. The predicted molar refractivity (Wildman–Crippen MR) is 66.7 cm³/mol. The van der Waals surface area contributed by atoms with Gasteiger partial charge in [0.2, 0.25) is 0 Å². The first-order valence-corrected chi connectivity index (χ1v) is 6.51. The first-order valence-electron chi connectivity index (χ1n) is 6.51. The van der Waals surface area contributed by atoms with Gasteiger partial charge in [-0.05, 0) is 43.9 Å². The van der Waals surface area contributed by atoms with Gasteiger partial charge >= 0.3 is 0 Å². The summed E-state index contributed by atoms with van der Waals surface area (Å²) in [5.74, 6) is 0. The molecule has 0 aromatic carbocycles. The number of aromatic nitrogens is 2. The topological polar surface area (TPSA) is 47.0 Å². The second kappa shape index (κ2) is 6.67. The Bertz CT molecular complexity index is 312. The van der Waals surface area contributed by atoms with E-state index < -0.39 is 0 Å². The smallest absolute Gasteiger partial charge is 0.0576 e. The van der Waals surface area contributed by atoms with Crippen LogP contribution in [-0.4, -0.2) is 29.5 Å². The van der Waals surface area contributed by atoms with E-state index in [2.05, 4.69) is 22.4 Å². The first-order chi connectivity index (χ1) is 8.40. The van der Waals surface area contributed by atoms with Gasteiger partial charge in [-0.2, -0.15) is 10.2 Å². The maximum Gasteiger partial charge on any atom is 0.0576 e. The van der Waals surface area contributed by atoms with Gasteiger partial charge in [0.25, 0.3) is 0 Å². The normalized spacial score (nSPS) is 21.6. The molecule has 0 spiro atoms. The zero-order chi connectivity index (χ0) is 11.9. The highest BCUT2D eigenvalue weighted by molar-refractivity contribution is 5.11. The van der Waals surface area contributed by atoms with Crippen LogP contribution in [0.15, 0.2) is 18.5 Å². The Hall–Kier alpha value is -1.00. The summed E-state index contributed by atoms with van der Waals surface area (Å²) in [6.07, 6.45) is 8.73. The lowest BCUT2D eigenvalue weighted by Gasteiger charge is -2.19. The van der Waals surface area contributed by atoms with Gasteiger partial charge in [0.1, 0.15) is 0 Å². The van der Waals surface area contributed by atoms with E-state index in [1.807, 2.05) is 12.3 Å². The Morgan fingerprint density at radius 2 is 2.47 bits per heavy atom. The number of hydrogen-bond donors (Lipinski definition) is 1. The van der Waals surface area contributed by atoms with Gasteiger partial charge in [-0.25, -0.2) is 0 Å². The molecule has 1 N–H and O–H groups in total. The van der Waals surface area contributed by atoms with Crippen molar-refractivity contribution in [2.75, 3.05) is 13.2 Å². The maximum absolute atomic E-state index is 5.66. The molecule has 2 unspecified atom stereocenters. The van der Waals surface area contributed by atoms with Crippen molar-refractivity contribution >= 4 is 0 Å². The van der Waals surface area contributed by atoms with Crippen LogP contribution in [0.1, 0.15) is 44.2 Å². The predicted octanol–water partition coefficient (Wildman–Crippen LogP) is 2.09. The Morgan fingerprint density at radius 1 is 1.53 bits per heavy atom. The molecule has 0 amide bonds. The van der Waals surface area contributed by atoms with Crippen LogP contribution < -0.4 is 5.32 Å². The second-order valence-electron chi connectivity index (χ2n) is 4.50. The van der Waals surface area contributed by atoms with Crippen LogP contribution in [0.5, 0.6) is 0 Å². The Morgan fingerprint density at radius 3 is 3.12 bits per heavy atom. The van der Waals surface area contributed by atoms with Gasteiger partial charge in [-0.3, -0.25) is 0 Å². The number of rotatable bonds is 6. The van der Waals surface area contributed by atoms with Crippen molar-refractivity contribution in [2.45, 2.75) is 44.8 Å². The monoisotopic (exact) mass is 235 g/mol. The van der Waals surface area contributed by atoms with Gasteiger partial charge in [0, 0.05) is 18.8 Å². The molecule has 1 aliphatic heterocycles. The molecular weight excluding hydrogens is 214 g/mol.